The minimum atomic E-state index is -0.153. The molecule has 1 heterocycles. The molecule has 1 rings (SSSR count). The van der Waals surface area contributed by atoms with E-state index in [1.807, 2.05) is 0 Å². The first kappa shape index (κ1) is 15.0. The van der Waals surface area contributed by atoms with E-state index in [1.165, 1.54) is 6.20 Å². The van der Waals surface area contributed by atoms with Crippen LogP contribution in [0.5, 0.6) is 0 Å². The fourth-order valence-electron chi connectivity index (χ4n) is 2.09. The summed E-state index contributed by atoms with van der Waals surface area (Å²) in [4.78, 5) is 15.9. The molecule has 18 heavy (non-hydrogen) atoms. The molecule has 0 aromatic carbocycles. The molecular formula is C14H21ClN2O. The Morgan fingerprint density at radius 2 is 1.94 bits per heavy atom. The van der Waals surface area contributed by atoms with Gasteiger partial charge < -0.3 is 5.32 Å². The highest BCUT2D eigenvalue weighted by atomic mass is 35.5. The van der Waals surface area contributed by atoms with Gasteiger partial charge in [-0.2, -0.15) is 0 Å². The number of nitrogens with zero attached hydrogens (tertiary/aromatic N) is 1. The highest BCUT2D eigenvalue weighted by Gasteiger charge is 2.19. The van der Waals surface area contributed by atoms with Crippen molar-refractivity contribution in [1.29, 1.82) is 0 Å². The quantitative estimate of drug-likeness (QED) is 0.889. The molecule has 4 heteroatoms. The maximum absolute atomic E-state index is 12.0. The Morgan fingerprint density at radius 3 is 2.44 bits per heavy atom. The average Bonchev–Trinajstić information content (AvgIpc) is 2.28. The van der Waals surface area contributed by atoms with Crippen LogP contribution in [-0.4, -0.2) is 17.4 Å². The van der Waals surface area contributed by atoms with Gasteiger partial charge >= 0.3 is 0 Å². The van der Waals surface area contributed by atoms with Crippen molar-refractivity contribution in [2.75, 3.05) is 6.54 Å². The molecule has 0 radical (unpaired) electrons. The Morgan fingerprint density at radius 1 is 1.33 bits per heavy atom. The van der Waals surface area contributed by atoms with Gasteiger partial charge in [-0.1, -0.05) is 39.3 Å². The van der Waals surface area contributed by atoms with Crippen molar-refractivity contribution in [2.45, 2.75) is 27.7 Å². The lowest BCUT2D eigenvalue weighted by Gasteiger charge is -2.25. The molecule has 1 aromatic heterocycles. The number of amides is 1. The number of nitrogens with one attached hydrogen (secondary N) is 1. The monoisotopic (exact) mass is 268 g/mol. The first-order valence-corrected chi connectivity index (χ1v) is 6.69. The smallest absolute Gasteiger partial charge is 0.254 e. The number of pyridine rings is 1. The van der Waals surface area contributed by atoms with Crippen molar-refractivity contribution in [2.24, 2.45) is 17.8 Å². The van der Waals surface area contributed by atoms with Crippen molar-refractivity contribution < 1.29 is 4.79 Å². The molecule has 0 spiro atoms. The van der Waals surface area contributed by atoms with E-state index in [4.69, 9.17) is 11.6 Å². The second kappa shape index (κ2) is 6.74. The Balaban J connectivity index is 2.64. The van der Waals surface area contributed by atoms with Crippen LogP contribution in [-0.2, 0) is 0 Å². The van der Waals surface area contributed by atoms with E-state index in [9.17, 15) is 4.79 Å². The minimum absolute atomic E-state index is 0.153. The van der Waals surface area contributed by atoms with Crippen molar-refractivity contribution in [3.05, 3.63) is 29.0 Å². The lowest BCUT2D eigenvalue weighted by atomic mass is 9.85. The molecule has 0 saturated carbocycles. The van der Waals surface area contributed by atoms with Crippen molar-refractivity contribution >= 4 is 17.5 Å². The summed E-state index contributed by atoms with van der Waals surface area (Å²) in [7, 11) is 0. The van der Waals surface area contributed by atoms with E-state index in [-0.39, 0.29) is 5.91 Å². The number of rotatable bonds is 5. The van der Waals surface area contributed by atoms with Gasteiger partial charge in [-0.25, -0.2) is 0 Å². The van der Waals surface area contributed by atoms with Gasteiger partial charge in [-0.3, -0.25) is 9.78 Å². The van der Waals surface area contributed by atoms with Gasteiger partial charge in [0.05, 0.1) is 10.6 Å². The molecular weight excluding hydrogens is 248 g/mol. The van der Waals surface area contributed by atoms with Gasteiger partial charge in [-0.05, 0) is 23.8 Å². The normalized spacial score (nSPS) is 11.3. The van der Waals surface area contributed by atoms with E-state index < -0.39 is 0 Å². The van der Waals surface area contributed by atoms with Crippen LogP contribution < -0.4 is 5.32 Å². The Bertz CT molecular complexity index is 397. The molecule has 3 nitrogen and oxygen atoms in total. The SMILES string of the molecule is CC(C)C(CNC(=O)c1cnccc1Cl)C(C)C. The van der Waals surface area contributed by atoms with E-state index in [0.717, 1.165) is 0 Å². The number of halogens is 1. The van der Waals surface area contributed by atoms with Gasteiger partial charge in [0.2, 0.25) is 0 Å². The third kappa shape index (κ3) is 3.98. The van der Waals surface area contributed by atoms with Crippen LogP contribution in [0.2, 0.25) is 5.02 Å². The summed E-state index contributed by atoms with van der Waals surface area (Å²) >= 11 is 5.96. The van der Waals surface area contributed by atoms with Gasteiger partial charge in [-0.15, -0.1) is 0 Å². The second-order valence-electron chi connectivity index (χ2n) is 5.22. The predicted octanol–water partition coefficient (Wildman–Crippen LogP) is 3.39. The Hall–Kier alpha value is -1.09. The maximum Gasteiger partial charge on any atom is 0.254 e. The summed E-state index contributed by atoms with van der Waals surface area (Å²) in [5.41, 5.74) is 0.436. The molecule has 0 bridgehead atoms. The van der Waals surface area contributed by atoms with Crippen LogP contribution in [0.4, 0.5) is 0 Å². The molecule has 1 amide bonds. The van der Waals surface area contributed by atoms with E-state index in [1.54, 1.807) is 12.3 Å². The third-order valence-corrected chi connectivity index (χ3v) is 3.55. The Kier molecular flexibility index (Phi) is 5.60. The predicted molar refractivity (Wildman–Crippen MR) is 74.7 cm³/mol. The van der Waals surface area contributed by atoms with Crippen LogP contribution in [0.3, 0.4) is 0 Å². The van der Waals surface area contributed by atoms with Gasteiger partial charge in [0, 0.05) is 18.9 Å². The molecule has 0 aliphatic carbocycles. The van der Waals surface area contributed by atoms with Crippen molar-refractivity contribution in [1.82, 2.24) is 10.3 Å². The lowest BCUT2D eigenvalue weighted by molar-refractivity contribution is 0.0937. The second-order valence-corrected chi connectivity index (χ2v) is 5.62. The molecule has 1 N–H and O–H groups in total. The van der Waals surface area contributed by atoms with Crippen LogP contribution in [0.25, 0.3) is 0 Å². The molecule has 0 fully saturated rings. The zero-order valence-electron chi connectivity index (χ0n) is 11.4. The number of aromatic nitrogens is 1. The fraction of sp³-hybridized carbons (Fsp3) is 0.571. The van der Waals surface area contributed by atoms with Gasteiger partial charge in [0.25, 0.3) is 5.91 Å². The maximum atomic E-state index is 12.0. The summed E-state index contributed by atoms with van der Waals surface area (Å²) < 4.78 is 0. The summed E-state index contributed by atoms with van der Waals surface area (Å²) in [6.07, 6.45) is 3.07. The highest BCUT2D eigenvalue weighted by Crippen LogP contribution is 2.20. The molecule has 100 valence electrons. The zero-order valence-corrected chi connectivity index (χ0v) is 12.2. The number of carbonyl (C=O) groups excluding carboxylic acids is 1. The molecule has 0 atom stereocenters. The van der Waals surface area contributed by atoms with Crippen molar-refractivity contribution in [3.63, 3.8) is 0 Å². The molecule has 0 aliphatic rings. The van der Waals surface area contributed by atoms with Crippen LogP contribution >= 0.6 is 11.6 Å². The topological polar surface area (TPSA) is 42.0 Å². The lowest BCUT2D eigenvalue weighted by Crippen LogP contribution is -2.34. The standard InChI is InChI=1S/C14H21ClN2O/c1-9(2)11(10(3)4)8-17-14(18)12-7-16-6-5-13(12)15/h5-7,9-11H,8H2,1-4H3,(H,17,18). The third-order valence-electron chi connectivity index (χ3n) is 3.22. The molecule has 0 aliphatic heterocycles. The first-order chi connectivity index (χ1) is 8.43. The molecule has 1 aromatic rings. The van der Waals surface area contributed by atoms with E-state index >= 15 is 0 Å². The number of hydrogen-bond acceptors (Lipinski definition) is 2. The summed E-state index contributed by atoms with van der Waals surface area (Å²) in [5, 5.41) is 3.38. The van der Waals surface area contributed by atoms with Crippen LogP contribution in [0.1, 0.15) is 38.1 Å². The first-order valence-electron chi connectivity index (χ1n) is 6.31. The van der Waals surface area contributed by atoms with Gasteiger partial charge in [0.15, 0.2) is 0 Å². The minimum Gasteiger partial charge on any atom is -0.352 e. The highest BCUT2D eigenvalue weighted by molar-refractivity contribution is 6.33. The fourth-order valence-corrected chi connectivity index (χ4v) is 2.28. The summed E-state index contributed by atoms with van der Waals surface area (Å²) in [6, 6.07) is 1.62. The van der Waals surface area contributed by atoms with E-state index in [2.05, 4.69) is 38.0 Å². The molecule has 0 saturated heterocycles. The van der Waals surface area contributed by atoms with Crippen molar-refractivity contribution in [3.8, 4) is 0 Å². The number of hydrogen-bond donors (Lipinski definition) is 1. The largest absolute Gasteiger partial charge is 0.352 e. The zero-order chi connectivity index (χ0) is 13.7. The summed E-state index contributed by atoms with van der Waals surface area (Å²) in [6.45, 7) is 9.36. The van der Waals surface area contributed by atoms with Crippen LogP contribution in [0.15, 0.2) is 18.5 Å². The van der Waals surface area contributed by atoms with Gasteiger partial charge in [0.1, 0.15) is 0 Å². The Labute approximate surface area is 114 Å². The van der Waals surface area contributed by atoms with Crippen LogP contribution in [0, 0.1) is 17.8 Å². The molecule has 0 unspecified atom stereocenters. The van der Waals surface area contributed by atoms with E-state index in [0.29, 0.717) is 34.9 Å². The summed E-state index contributed by atoms with van der Waals surface area (Å²) in [5.74, 6) is 1.38. The average molecular weight is 269 g/mol. The number of carbonyl (C=O) groups is 1.